The fourth-order valence-corrected chi connectivity index (χ4v) is 6.42. The van der Waals surface area contributed by atoms with Gasteiger partial charge < -0.3 is 4.90 Å². The third kappa shape index (κ3) is 4.00. The zero-order chi connectivity index (χ0) is 19.2. The van der Waals surface area contributed by atoms with Crippen molar-refractivity contribution in [2.24, 2.45) is 17.3 Å². The number of hydrogen-bond donors (Lipinski definition) is 0. The predicted molar refractivity (Wildman–Crippen MR) is 111 cm³/mol. The van der Waals surface area contributed by atoms with Gasteiger partial charge in [0.15, 0.2) is 0 Å². The van der Waals surface area contributed by atoms with E-state index in [4.69, 9.17) is 0 Å². The predicted octanol–water partition coefficient (Wildman–Crippen LogP) is 3.26. The van der Waals surface area contributed by atoms with E-state index in [-0.39, 0.29) is 5.92 Å². The number of ketones is 1. The van der Waals surface area contributed by atoms with Gasteiger partial charge in [0.1, 0.15) is 5.78 Å². The Morgan fingerprint density at radius 2 is 1.33 bits per heavy atom. The van der Waals surface area contributed by atoms with E-state index >= 15 is 0 Å². The normalized spacial score (nSPS) is 37.0. The molecule has 0 unspecified atom stereocenters. The molecule has 1 spiro atoms. The molecule has 0 aromatic heterocycles. The van der Waals surface area contributed by atoms with Gasteiger partial charge in [-0.15, -0.1) is 0 Å². The highest BCUT2D eigenvalue weighted by atomic mass is 16.1. The summed E-state index contributed by atoms with van der Waals surface area (Å²) in [4.78, 5) is 20.3. The van der Waals surface area contributed by atoms with Crippen molar-refractivity contribution < 1.29 is 4.79 Å². The molecule has 0 N–H and O–H groups in total. The van der Waals surface area contributed by atoms with Crippen molar-refractivity contribution in [3.05, 3.63) is 0 Å². The first-order valence-corrected chi connectivity index (χ1v) is 11.6. The van der Waals surface area contributed by atoms with E-state index in [1.165, 1.54) is 77.8 Å². The minimum absolute atomic E-state index is 0.227. The van der Waals surface area contributed by atoms with Crippen molar-refractivity contribution in [3.63, 3.8) is 0 Å². The second-order valence-electron chi connectivity index (χ2n) is 10.7. The number of nitrogens with zero attached hydrogens (tertiary/aromatic N) is 3. The van der Waals surface area contributed by atoms with Gasteiger partial charge in [0.05, 0.1) is 0 Å². The van der Waals surface area contributed by atoms with Gasteiger partial charge in [0.25, 0.3) is 0 Å². The Kier molecular flexibility index (Phi) is 5.70. The maximum Gasteiger partial charge on any atom is 0.138 e. The monoisotopic (exact) mass is 375 g/mol. The van der Waals surface area contributed by atoms with Crippen LogP contribution in [0.25, 0.3) is 0 Å². The van der Waals surface area contributed by atoms with Gasteiger partial charge >= 0.3 is 0 Å². The van der Waals surface area contributed by atoms with Crippen LogP contribution in [0.1, 0.15) is 66.2 Å². The second-order valence-corrected chi connectivity index (χ2v) is 10.7. The van der Waals surface area contributed by atoms with Gasteiger partial charge in [-0.1, -0.05) is 13.8 Å². The Labute approximate surface area is 166 Å². The first-order chi connectivity index (χ1) is 12.9. The summed E-state index contributed by atoms with van der Waals surface area (Å²) in [5.74, 6) is 1.13. The molecular weight excluding hydrogens is 334 g/mol. The van der Waals surface area contributed by atoms with Gasteiger partial charge in [-0.25, -0.2) is 0 Å². The van der Waals surface area contributed by atoms with Gasteiger partial charge in [0.2, 0.25) is 0 Å². The molecule has 0 aromatic rings. The summed E-state index contributed by atoms with van der Waals surface area (Å²) < 4.78 is 0. The van der Waals surface area contributed by atoms with E-state index in [0.29, 0.717) is 23.2 Å². The summed E-state index contributed by atoms with van der Waals surface area (Å²) in [6, 6.07) is 2.34. The molecule has 4 aliphatic rings. The molecule has 0 radical (unpaired) electrons. The number of Topliss-reactive ketones (excluding diaryl/α,β-unsaturated/α-hetero) is 1. The molecule has 4 nitrogen and oxygen atoms in total. The van der Waals surface area contributed by atoms with E-state index in [1.54, 1.807) is 0 Å². The van der Waals surface area contributed by atoms with Crippen molar-refractivity contribution in [1.29, 1.82) is 0 Å². The molecule has 4 heteroatoms. The quantitative estimate of drug-likeness (QED) is 0.737. The van der Waals surface area contributed by atoms with E-state index in [9.17, 15) is 4.79 Å². The lowest BCUT2D eigenvalue weighted by Gasteiger charge is -2.60. The summed E-state index contributed by atoms with van der Waals surface area (Å²) in [7, 11) is 0. The van der Waals surface area contributed by atoms with Crippen molar-refractivity contribution >= 4 is 5.78 Å². The van der Waals surface area contributed by atoms with Crippen LogP contribution in [0.4, 0.5) is 0 Å². The SMILES string of the molecule is CC(C)C(=O)C1CC2(C1)CC(N1CCC(N3CCN(C(C)C)CC3)CC1)C2. The maximum atomic E-state index is 12.2. The van der Waals surface area contributed by atoms with E-state index in [1.807, 2.05) is 0 Å². The van der Waals surface area contributed by atoms with E-state index in [2.05, 4.69) is 42.4 Å². The van der Waals surface area contributed by atoms with Crippen molar-refractivity contribution in [1.82, 2.24) is 14.7 Å². The standard InChI is InChI=1S/C23H41N3O/c1-17(2)22(27)19-13-23(14-19)15-21(16-23)25-7-5-20(6-8-25)26-11-9-24(10-12-26)18(3)4/h17-21H,5-16H2,1-4H3. The summed E-state index contributed by atoms with van der Waals surface area (Å²) in [5.41, 5.74) is 0.559. The molecule has 0 aromatic carbocycles. The molecule has 0 amide bonds. The highest BCUT2D eigenvalue weighted by molar-refractivity contribution is 5.83. The molecule has 4 rings (SSSR count). The number of piperidine rings is 1. The average Bonchev–Trinajstić information content (AvgIpc) is 2.59. The minimum atomic E-state index is 0.227. The molecule has 2 saturated carbocycles. The lowest BCUT2D eigenvalue weighted by atomic mass is 9.48. The summed E-state index contributed by atoms with van der Waals surface area (Å²) in [6.45, 7) is 16.4. The van der Waals surface area contributed by atoms with Gasteiger partial charge in [-0.05, 0) is 70.9 Å². The van der Waals surface area contributed by atoms with Crippen LogP contribution < -0.4 is 0 Å². The summed E-state index contributed by atoms with van der Waals surface area (Å²) in [5, 5.41) is 0. The van der Waals surface area contributed by atoms with E-state index < -0.39 is 0 Å². The van der Waals surface area contributed by atoms with Gasteiger partial charge in [-0.3, -0.25) is 14.6 Å². The van der Waals surface area contributed by atoms with E-state index in [0.717, 1.165) is 12.1 Å². The van der Waals surface area contributed by atoms with Crippen molar-refractivity contribution in [3.8, 4) is 0 Å². The van der Waals surface area contributed by atoms with Crippen molar-refractivity contribution in [2.75, 3.05) is 39.3 Å². The van der Waals surface area contributed by atoms with Crippen LogP contribution >= 0.6 is 0 Å². The number of carbonyl (C=O) groups is 1. The summed E-state index contributed by atoms with van der Waals surface area (Å²) >= 11 is 0. The van der Waals surface area contributed by atoms with Crippen LogP contribution in [0.3, 0.4) is 0 Å². The fourth-order valence-electron chi connectivity index (χ4n) is 6.42. The molecule has 2 heterocycles. The van der Waals surface area contributed by atoms with Gasteiger partial charge in [0, 0.05) is 56.1 Å². The van der Waals surface area contributed by atoms with Crippen LogP contribution in [-0.4, -0.2) is 77.9 Å². The fraction of sp³-hybridized carbons (Fsp3) is 0.957. The lowest BCUT2D eigenvalue weighted by molar-refractivity contribution is -0.144. The topological polar surface area (TPSA) is 26.8 Å². The number of rotatable bonds is 5. The number of carbonyl (C=O) groups excluding carboxylic acids is 1. The van der Waals surface area contributed by atoms with Gasteiger partial charge in [-0.2, -0.15) is 0 Å². The van der Waals surface area contributed by atoms with Crippen LogP contribution in [-0.2, 0) is 4.79 Å². The van der Waals surface area contributed by atoms with Crippen LogP contribution in [0.15, 0.2) is 0 Å². The zero-order valence-electron chi connectivity index (χ0n) is 18.1. The second kappa shape index (κ2) is 7.76. The molecule has 2 aliphatic heterocycles. The maximum absolute atomic E-state index is 12.2. The molecule has 154 valence electrons. The van der Waals surface area contributed by atoms with Crippen molar-refractivity contribution in [2.45, 2.75) is 84.3 Å². The number of hydrogen-bond acceptors (Lipinski definition) is 4. The molecular formula is C23H41N3O. The lowest BCUT2D eigenvalue weighted by Crippen LogP contribution is -2.60. The number of piperazine rings is 1. The molecule has 2 aliphatic carbocycles. The smallest absolute Gasteiger partial charge is 0.138 e. The highest BCUT2D eigenvalue weighted by Crippen LogP contribution is 2.60. The number of likely N-dealkylation sites (tertiary alicyclic amines) is 1. The third-order valence-corrected chi connectivity index (χ3v) is 8.28. The third-order valence-electron chi connectivity index (χ3n) is 8.28. The van der Waals surface area contributed by atoms with Crippen LogP contribution in [0.2, 0.25) is 0 Å². The average molecular weight is 376 g/mol. The molecule has 27 heavy (non-hydrogen) atoms. The Morgan fingerprint density at radius 1 is 0.778 bits per heavy atom. The van der Waals surface area contributed by atoms with Crippen LogP contribution in [0, 0.1) is 17.3 Å². The largest absolute Gasteiger partial charge is 0.300 e. The molecule has 4 fully saturated rings. The minimum Gasteiger partial charge on any atom is -0.300 e. The first-order valence-electron chi connectivity index (χ1n) is 11.6. The molecule has 2 saturated heterocycles. The highest BCUT2D eigenvalue weighted by Gasteiger charge is 2.56. The Balaban J connectivity index is 1.16. The Bertz CT molecular complexity index is 516. The van der Waals surface area contributed by atoms with Crippen LogP contribution in [0.5, 0.6) is 0 Å². The molecule has 0 atom stereocenters. The summed E-state index contributed by atoms with van der Waals surface area (Å²) in [6.07, 6.45) is 7.84. The first kappa shape index (κ1) is 19.8. The molecule has 0 bridgehead atoms. The Hall–Kier alpha value is -0.450. The zero-order valence-corrected chi connectivity index (χ0v) is 18.1. The Morgan fingerprint density at radius 3 is 1.85 bits per heavy atom.